The number of nitrogens with zero attached hydrogens (tertiary/aromatic N) is 1. The summed E-state index contributed by atoms with van der Waals surface area (Å²) in [6.07, 6.45) is 1.63. The lowest BCUT2D eigenvalue weighted by atomic mass is 10.1. The van der Waals surface area contributed by atoms with E-state index in [1.807, 2.05) is 121 Å². The van der Waals surface area contributed by atoms with Crippen LogP contribution in [0.5, 0.6) is 0 Å². The third-order valence-electron chi connectivity index (χ3n) is 7.13. The Morgan fingerprint density at radius 1 is 0.708 bits per heavy atom. The quantitative estimate of drug-likeness (QED) is 0.0949. The second-order valence-corrected chi connectivity index (χ2v) is 12.6. The third-order valence-corrected chi connectivity index (χ3v) is 9.14. The van der Waals surface area contributed by atoms with E-state index in [2.05, 4.69) is 20.9 Å². The number of hydrogen-bond donors (Lipinski definition) is 3. The Hall–Kier alpha value is -5.77. The van der Waals surface area contributed by atoms with Gasteiger partial charge in [0, 0.05) is 27.1 Å². The molecule has 0 aliphatic heterocycles. The van der Waals surface area contributed by atoms with Gasteiger partial charge in [-0.3, -0.25) is 14.4 Å². The van der Waals surface area contributed by atoms with E-state index in [0.717, 1.165) is 27.3 Å². The number of benzene rings is 5. The van der Waals surface area contributed by atoms with Crippen molar-refractivity contribution in [3.05, 3.63) is 173 Å². The summed E-state index contributed by atoms with van der Waals surface area (Å²) in [5.74, 6) is -1.10. The molecule has 7 nitrogen and oxygen atoms in total. The smallest absolute Gasteiger partial charge is 0.272 e. The van der Waals surface area contributed by atoms with Crippen LogP contribution in [0.2, 0.25) is 0 Å². The zero-order valence-corrected chi connectivity index (χ0v) is 27.2. The van der Waals surface area contributed by atoms with Crippen LogP contribution < -0.4 is 16.0 Å². The van der Waals surface area contributed by atoms with Gasteiger partial charge in [0.15, 0.2) is 5.13 Å². The molecule has 1 unspecified atom stereocenters. The molecule has 1 atom stereocenters. The van der Waals surface area contributed by atoms with Crippen LogP contribution in [-0.2, 0) is 9.59 Å². The number of rotatable bonds is 11. The first-order valence-electron chi connectivity index (χ1n) is 15.1. The normalized spacial score (nSPS) is 11.7. The van der Waals surface area contributed by atoms with E-state index >= 15 is 0 Å². The van der Waals surface area contributed by atoms with E-state index in [9.17, 15) is 14.4 Å². The van der Waals surface area contributed by atoms with Crippen LogP contribution in [0.15, 0.2) is 162 Å². The van der Waals surface area contributed by atoms with Crippen LogP contribution in [0.3, 0.4) is 0 Å². The van der Waals surface area contributed by atoms with Gasteiger partial charge >= 0.3 is 0 Å². The van der Waals surface area contributed by atoms with Crippen molar-refractivity contribution in [2.24, 2.45) is 0 Å². The summed E-state index contributed by atoms with van der Waals surface area (Å²) < 4.78 is 0. The number of anilines is 2. The lowest BCUT2D eigenvalue weighted by molar-refractivity contribution is -0.116. The van der Waals surface area contributed by atoms with Gasteiger partial charge < -0.3 is 16.0 Å². The van der Waals surface area contributed by atoms with Crippen molar-refractivity contribution >= 4 is 57.7 Å². The zero-order chi connectivity index (χ0) is 33.1. The standard InChI is InChI=1S/C39H30N4O3S2/c44-36(30-20-11-4-12-21-30)41-33(24-27-14-5-1-6-15-27)37(45)40-31-22-13-23-32(25-31)48-35(29-18-9-3-10-19-29)38(46)43-39-42-34(26-47-39)28-16-7-2-8-17-28/h1-26,35H,(H,40,45)(H,41,44)(H,42,43,46)/b33-24-. The number of thiazole rings is 1. The van der Waals surface area contributed by atoms with Crippen molar-refractivity contribution in [1.29, 1.82) is 0 Å². The molecule has 0 bridgehead atoms. The highest BCUT2D eigenvalue weighted by atomic mass is 32.2. The van der Waals surface area contributed by atoms with Crippen molar-refractivity contribution in [2.45, 2.75) is 10.1 Å². The van der Waals surface area contributed by atoms with E-state index < -0.39 is 17.1 Å². The summed E-state index contributed by atoms with van der Waals surface area (Å²) in [7, 11) is 0. The first-order chi connectivity index (χ1) is 23.5. The fourth-order valence-corrected chi connectivity index (χ4v) is 6.59. The van der Waals surface area contributed by atoms with E-state index in [4.69, 9.17) is 0 Å². The van der Waals surface area contributed by atoms with E-state index in [-0.39, 0.29) is 11.6 Å². The molecule has 0 saturated carbocycles. The van der Waals surface area contributed by atoms with E-state index in [0.29, 0.717) is 16.4 Å². The molecule has 0 radical (unpaired) electrons. The van der Waals surface area contributed by atoms with Gasteiger partial charge in [-0.05, 0) is 47.5 Å². The average Bonchev–Trinajstić information content (AvgIpc) is 3.60. The summed E-state index contributed by atoms with van der Waals surface area (Å²) >= 11 is 2.73. The Bertz CT molecular complexity index is 2030. The summed E-state index contributed by atoms with van der Waals surface area (Å²) in [5, 5.41) is 10.5. The van der Waals surface area contributed by atoms with Gasteiger partial charge in [-0.25, -0.2) is 4.98 Å². The highest BCUT2D eigenvalue weighted by molar-refractivity contribution is 8.00. The molecule has 0 saturated heterocycles. The predicted molar refractivity (Wildman–Crippen MR) is 195 cm³/mol. The molecular weight excluding hydrogens is 637 g/mol. The Morgan fingerprint density at radius 2 is 1.35 bits per heavy atom. The van der Waals surface area contributed by atoms with Gasteiger partial charge in [-0.2, -0.15) is 0 Å². The fourth-order valence-electron chi connectivity index (χ4n) is 4.78. The van der Waals surface area contributed by atoms with Crippen molar-refractivity contribution in [3.8, 4) is 11.3 Å². The van der Waals surface area contributed by atoms with Crippen molar-refractivity contribution in [2.75, 3.05) is 10.6 Å². The lowest BCUT2D eigenvalue weighted by Crippen LogP contribution is -2.30. The Kier molecular flexibility index (Phi) is 10.5. The molecule has 9 heteroatoms. The minimum absolute atomic E-state index is 0.0907. The Labute approximate surface area is 286 Å². The minimum atomic E-state index is -0.597. The van der Waals surface area contributed by atoms with Gasteiger partial charge in [-0.15, -0.1) is 23.1 Å². The molecule has 6 rings (SSSR count). The van der Waals surface area contributed by atoms with Crippen LogP contribution in [0, 0.1) is 0 Å². The first kappa shape index (κ1) is 32.2. The number of carbonyl (C=O) groups is 3. The van der Waals surface area contributed by atoms with Gasteiger partial charge in [0.2, 0.25) is 5.91 Å². The summed E-state index contributed by atoms with van der Waals surface area (Å²) in [5.41, 5.74) is 4.39. The SMILES string of the molecule is O=C(Nc1cccc(SC(C(=O)Nc2nc(-c3ccccc3)cs2)c2ccccc2)c1)/C(=C/c1ccccc1)NC(=O)c1ccccc1. The summed E-state index contributed by atoms with van der Waals surface area (Å²) in [6, 6.07) is 44.6. The van der Waals surface area contributed by atoms with Crippen LogP contribution in [0.4, 0.5) is 10.8 Å². The molecule has 236 valence electrons. The highest BCUT2D eigenvalue weighted by Crippen LogP contribution is 2.38. The monoisotopic (exact) mass is 666 g/mol. The van der Waals surface area contributed by atoms with Gasteiger partial charge in [-0.1, -0.05) is 115 Å². The van der Waals surface area contributed by atoms with Crippen molar-refractivity contribution in [1.82, 2.24) is 10.3 Å². The van der Waals surface area contributed by atoms with Gasteiger partial charge in [0.25, 0.3) is 11.8 Å². The predicted octanol–water partition coefficient (Wildman–Crippen LogP) is 8.69. The molecule has 3 amide bonds. The highest BCUT2D eigenvalue weighted by Gasteiger charge is 2.24. The molecule has 0 fully saturated rings. The number of hydrogen-bond acceptors (Lipinski definition) is 6. The van der Waals surface area contributed by atoms with Crippen molar-refractivity contribution < 1.29 is 14.4 Å². The van der Waals surface area contributed by atoms with Crippen LogP contribution in [0.1, 0.15) is 26.7 Å². The van der Waals surface area contributed by atoms with E-state index in [1.54, 1.807) is 36.4 Å². The number of thioether (sulfide) groups is 1. The minimum Gasteiger partial charge on any atom is -0.321 e. The fraction of sp³-hybridized carbons (Fsp3) is 0.0256. The van der Waals surface area contributed by atoms with Crippen LogP contribution >= 0.6 is 23.1 Å². The van der Waals surface area contributed by atoms with Crippen LogP contribution in [0.25, 0.3) is 17.3 Å². The maximum absolute atomic E-state index is 13.7. The zero-order valence-electron chi connectivity index (χ0n) is 25.6. The van der Waals surface area contributed by atoms with Crippen molar-refractivity contribution in [3.63, 3.8) is 0 Å². The van der Waals surface area contributed by atoms with Gasteiger partial charge in [0.05, 0.1) is 5.69 Å². The third kappa shape index (κ3) is 8.52. The molecule has 0 aliphatic carbocycles. The Morgan fingerprint density at radius 3 is 2.06 bits per heavy atom. The number of aromatic nitrogens is 1. The average molecular weight is 667 g/mol. The largest absolute Gasteiger partial charge is 0.321 e. The maximum Gasteiger partial charge on any atom is 0.272 e. The molecule has 48 heavy (non-hydrogen) atoms. The molecule has 3 N–H and O–H groups in total. The summed E-state index contributed by atoms with van der Waals surface area (Å²) in [6.45, 7) is 0. The lowest BCUT2D eigenvalue weighted by Gasteiger charge is -2.17. The number of amides is 3. The summed E-state index contributed by atoms with van der Waals surface area (Å²) in [4.78, 5) is 45.7. The molecule has 0 aliphatic rings. The van der Waals surface area contributed by atoms with Gasteiger partial charge in [0.1, 0.15) is 10.9 Å². The Balaban J connectivity index is 1.20. The molecule has 1 heterocycles. The molecular formula is C39H30N4O3S2. The first-order valence-corrected chi connectivity index (χ1v) is 16.9. The number of carbonyl (C=O) groups excluding carboxylic acids is 3. The molecule has 0 spiro atoms. The van der Waals surface area contributed by atoms with E-state index in [1.165, 1.54) is 23.1 Å². The number of nitrogens with one attached hydrogen (secondary N) is 3. The maximum atomic E-state index is 13.7. The van der Waals surface area contributed by atoms with Crippen LogP contribution in [-0.4, -0.2) is 22.7 Å². The molecule has 5 aromatic carbocycles. The second kappa shape index (κ2) is 15.7. The molecule has 6 aromatic rings. The second-order valence-electron chi connectivity index (χ2n) is 10.6. The molecule has 1 aromatic heterocycles. The topological polar surface area (TPSA) is 100 Å².